The fourth-order valence-corrected chi connectivity index (χ4v) is 3.18. The first kappa shape index (κ1) is 21.1. The van der Waals surface area contributed by atoms with Crippen molar-refractivity contribution in [3.63, 3.8) is 0 Å². The van der Waals surface area contributed by atoms with Crippen LogP contribution in [0.2, 0.25) is 0 Å². The van der Waals surface area contributed by atoms with Crippen LogP contribution in [0.4, 0.5) is 4.39 Å². The lowest BCUT2D eigenvalue weighted by atomic mass is 9.95. The van der Waals surface area contributed by atoms with Crippen molar-refractivity contribution in [3.8, 4) is 0 Å². The van der Waals surface area contributed by atoms with Crippen LogP contribution in [0, 0.1) is 11.7 Å². The summed E-state index contributed by atoms with van der Waals surface area (Å²) in [5.41, 5.74) is 0.601. The Hall–Kier alpha value is -2.21. The molecule has 0 bridgehead atoms. The predicted octanol–water partition coefficient (Wildman–Crippen LogP) is 2.70. The maximum Gasteiger partial charge on any atom is 0.251 e. The number of nitrogens with one attached hydrogen (secondary N) is 1. The molecule has 0 saturated carbocycles. The summed E-state index contributed by atoms with van der Waals surface area (Å²) in [4.78, 5) is 26.4. The molecule has 1 aliphatic rings. The van der Waals surface area contributed by atoms with E-state index in [0.717, 1.165) is 0 Å². The fraction of sp³-hybridized carbons (Fsp3) is 0.524. The first-order valence-electron chi connectivity index (χ1n) is 9.55. The summed E-state index contributed by atoms with van der Waals surface area (Å²) in [6.45, 7) is 7.39. The highest BCUT2D eigenvalue weighted by atomic mass is 19.1. The molecular formula is C21H29FN2O3. The quantitative estimate of drug-likeness (QED) is 0.533. The maximum absolute atomic E-state index is 13.6. The van der Waals surface area contributed by atoms with E-state index in [0.29, 0.717) is 57.5 Å². The van der Waals surface area contributed by atoms with Crippen molar-refractivity contribution in [1.82, 2.24) is 10.2 Å². The highest BCUT2D eigenvalue weighted by molar-refractivity contribution is 5.82. The highest BCUT2D eigenvalue weighted by Crippen LogP contribution is 2.18. The van der Waals surface area contributed by atoms with E-state index in [1.807, 2.05) is 0 Å². The minimum absolute atomic E-state index is 0.0197. The maximum atomic E-state index is 13.6. The van der Waals surface area contributed by atoms with Crippen LogP contribution < -0.4 is 5.32 Å². The van der Waals surface area contributed by atoms with Crippen molar-refractivity contribution < 1.29 is 18.7 Å². The molecule has 1 unspecified atom stereocenters. The Labute approximate surface area is 160 Å². The van der Waals surface area contributed by atoms with Gasteiger partial charge in [-0.1, -0.05) is 24.3 Å². The van der Waals surface area contributed by atoms with E-state index in [9.17, 15) is 14.0 Å². The second-order valence-corrected chi connectivity index (χ2v) is 6.82. The third kappa shape index (κ3) is 6.47. The van der Waals surface area contributed by atoms with Gasteiger partial charge in [0.2, 0.25) is 5.91 Å². The zero-order valence-electron chi connectivity index (χ0n) is 16.0. The van der Waals surface area contributed by atoms with E-state index in [1.165, 1.54) is 6.07 Å². The molecule has 148 valence electrons. The van der Waals surface area contributed by atoms with E-state index in [4.69, 9.17) is 4.74 Å². The molecule has 1 aromatic rings. The molecule has 1 fully saturated rings. The Bertz CT molecular complexity index is 642. The van der Waals surface area contributed by atoms with Crippen LogP contribution in [0.15, 0.2) is 36.9 Å². The third-order valence-corrected chi connectivity index (χ3v) is 4.87. The lowest BCUT2D eigenvalue weighted by Crippen LogP contribution is -2.46. The SMILES string of the molecule is C=CCCOC(C)C(=O)N1CCC(C(=O)NCCc2ccccc2F)CC1. The minimum atomic E-state index is -0.476. The first-order chi connectivity index (χ1) is 13.0. The van der Waals surface area contributed by atoms with Crippen molar-refractivity contribution in [2.45, 2.75) is 38.7 Å². The van der Waals surface area contributed by atoms with Crippen LogP contribution in [0.25, 0.3) is 0 Å². The van der Waals surface area contributed by atoms with Gasteiger partial charge in [-0.05, 0) is 44.2 Å². The molecule has 6 heteroatoms. The van der Waals surface area contributed by atoms with Gasteiger partial charge in [-0.15, -0.1) is 6.58 Å². The van der Waals surface area contributed by atoms with Gasteiger partial charge >= 0.3 is 0 Å². The molecule has 1 aromatic carbocycles. The third-order valence-electron chi connectivity index (χ3n) is 4.87. The molecule has 0 radical (unpaired) electrons. The van der Waals surface area contributed by atoms with Crippen molar-refractivity contribution in [1.29, 1.82) is 0 Å². The molecule has 5 nitrogen and oxygen atoms in total. The Kier molecular flexibility index (Phi) is 8.45. The van der Waals surface area contributed by atoms with Crippen molar-refractivity contribution in [2.75, 3.05) is 26.2 Å². The molecule has 2 amide bonds. The van der Waals surface area contributed by atoms with E-state index >= 15 is 0 Å². The minimum Gasteiger partial charge on any atom is -0.368 e. The van der Waals surface area contributed by atoms with E-state index in [-0.39, 0.29) is 23.5 Å². The number of nitrogens with zero attached hydrogens (tertiary/aromatic N) is 1. The van der Waals surface area contributed by atoms with Crippen LogP contribution >= 0.6 is 0 Å². The standard InChI is InChI=1S/C21H29FN2O3/c1-3-4-15-27-16(2)21(26)24-13-10-18(11-14-24)20(25)23-12-9-17-7-5-6-8-19(17)22/h3,5-8,16,18H,1,4,9-15H2,2H3,(H,23,25). The second-order valence-electron chi connectivity index (χ2n) is 6.82. The molecular weight excluding hydrogens is 347 g/mol. The number of benzene rings is 1. The van der Waals surface area contributed by atoms with Gasteiger partial charge in [0.1, 0.15) is 11.9 Å². The first-order valence-corrected chi connectivity index (χ1v) is 9.55. The highest BCUT2D eigenvalue weighted by Gasteiger charge is 2.29. The molecule has 27 heavy (non-hydrogen) atoms. The van der Waals surface area contributed by atoms with Gasteiger partial charge in [-0.3, -0.25) is 9.59 Å². The summed E-state index contributed by atoms with van der Waals surface area (Å²) in [6, 6.07) is 6.59. The zero-order valence-corrected chi connectivity index (χ0v) is 16.0. The molecule has 1 aliphatic heterocycles. The number of hydrogen-bond donors (Lipinski definition) is 1. The van der Waals surface area contributed by atoms with Gasteiger partial charge in [0.05, 0.1) is 6.61 Å². The number of hydrogen-bond acceptors (Lipinski definition) is 3. The predicted molar refractivity (Wildman–Crippen MR) is 103 cm³/mol. The molecule has 0 spiro atoms. The number of rotatable bonds is 9. The topological polar surface area (TPSA) is 58.6 Å². The molecule has 1 atom stereocenters. The zero-order chi connectivity index (χ0) is 19.6. The number of amides is 2. The summed E-state index contributed by atoms with van der Waals surface area (Å²) in [7, 11) is 0. The molecule has 2 rings (SSSR count). The van der Waals surface area contributed by atoms with Crippen LogP contribution in [0.1, 0.15) is 31.7 Å². The summed E-state index contributed by atoms with van der Waals surface area (Å²) in [5, 5.41) is 2.89. The van der Waals surface area contributed by atoms with Crippen LogP contribution in [0.5, 0.6) is 0 Å². The number of carbonyl (C=O) groups excluding carboxylic acids is 2. The summed E-state index contributed by atoms with van der Waals surface area (Å²) in [6.07, 6.45) is 3.74. The van der Waals surface area contributed by atoms with Gasteiger partial charge in [-0.2, -0.15) is 0 Å². The van der Waals surface area contributed by atoms with Crippen molar-refractivity contribution in [3.05, 3.63) is 48.3 Å². The lowest BCUT2D eigenvalue weighted by molar-refractivity contribution is -0.145. The van der Waals surface area contributed by atoms with Gasteiger partial charge in [0.25, 0.3) is 5.91 Å². The smallest absolute Gasteiger partial charge is 0.251 e. The summed E-state index contributed by atoms with van der Waals surface area (Å²) in [5.74, 6) is -0.402. The number of likely N-dealkylation sites (tertiary alicyclic amines) is 1. The molecule has 1 N–H and O–H groups in total. The Morgan fingerprint density at radius 2 is 2.07 bits per heavy atom. The van der Waals surface area contributed by atoms with Gasteiger partial charge < -0.3 is 15.0 Å². The lowest BCUT2D eigenvalue weighted by Gasteiger charge is -2.33. The summed E-state index contributed by atoms with van der Waals surface area (Å²) >= 11 is 0. The summed E-state index contributed by atoms with van der Waals surface area (Å²) < 4.78 is 19.1. The average Bonchev–Trinajstić information content (AvgIpc) is 2.69. The molecule has 1 heterocycles. The van der Waals surface area contributed by atoms with E-state index in [1.54, 1.807) is 36.1 Å². The van der Waals surface area contributed by atoms with Crippen LogP contribution in [0.3, 0.4) is 0 Å². The van der Waals surface area contributed by atoms with Gasteiger partial charge in [0, 0.05) is 25.6 Å². The molecule has 1 saturated heterocycles. The van der Waals surface area contributed by atoms with Gasteiger partial charge in [0.15, 0.2) is 0 Å². The number of ether oxygens (including phenoxy) is 1. The van der Waals surface area contributed by atoms with E-state index < -0.39 is 6.10 Å². The van der Waals surface area contributed by atoms with Crippen molar-refractivity contribution >= 4 is 11.8 Å². The van der Waals surface area contributed by atoms with Crippen LogP contribution in [-0.2, 0) is 20.7 Å². The Morgan fingerprint density at radius 3 is 2.74 bits per heavy atom. The number of carbonyl (C=O) groups is 2. The van der Waals surface area contributed by atoms with Crippen LogP contribution in [-0.4, -0.2) is 49.1 Å². The number of halogens is 1. The Balaban J connectivity index is 1.70. The van der Waals surface area contributed by atoms with Crippen molar-refractivity contribution in [2.24, 2.45) is 5.92 Å². The molecule has 0 aromatic heterocycles. The number of piperidine rings is 1. The van der Waals surface area contributed by atoms with E-state index in [2.05, 4.69) is 11.9 Å². The average molecular weight is 376 g/mol. The largest absolute Gasteiger partial charge is 0.368 e. The fourth-order valence-electron chi connectivity index (χ4n) is 3.18. The van der Waals surface area contributed by atoms with Gasteiger partial charge in [-0.25, -0.2) is 4.39 Å². The normalized spacial score (nSPS) is 16.0. The molecule has 0 aliphatic carbocycles. The Morgan fingerprint density at radius 1 is 1.37 bits per heavy atom. The monoisotopic (exact) mass is 376 g/mol. The second kappa shape index (κ2) is 10.8.